The van der Waals surface area contributed by atoms with Crippen molar-refractivity contribution in [1.29, 1.82) is 0 Å². The highest BCUT2D eigenvalue weighted by Gasteiger charge is 2.08. The van der Waals surface area contributed by atoms with Crippen LogP contribution in [-0.4, -0.2) is 48.7 Å². The van der Waals surface area contributed by atoms with Gasteiger partial charge in [-0.2, -0.15) is 0 Å². The Labute approximate surface area is 131 Å². The smallest absolute Gasteiger partial charge is 0.261 e. The predicted octanol–water partition coefficient (Wildman–Crippen LogP) is 1.94. The van der Waals surface area contributed by atoms with Crippen molar-refractivity contribution in [2.45, 2.75) is 26.7 Å². The molecule has 0 aliphatic carbocycles. The molecular weight excluding hydrogens is 284 g/mol. The van der Waals surface area contributed by atoms with E-state index >= 15 is 0 Å². The summed E-state index contributed by atoms with van der Waals surface area (Å²) < 4.78 is 0. The van der Waals surface area contributed by atoms with Crippen LogP contribution >= 0.6 is 11.3 Å². The number of nitrogens with one attached hydrogen (secondary N) is 1. The number of rotatable bonds is 8. The van der Waals surface area contributed by atoms with Crippen LogP contribution in [0.5, 0.6) is 0 Å². The van der Waals surface area contributed by atoms with Crippen molar-refractivity contribution in [3.63, 3.8) is 0 Å². The molecule has 0 saturated carbocycles. The third kappa shape index (κ3) is 6.76. The largest absolute Gasteiger partial charge is 0.395 e. The second-order valence-corrected chi connectivity index (χ2v) is 5.71. The van der Waals surface area contributed by atoms with E-state index in [0.717, 1.165) is 30.9 Å². The molecule has 0 aliphatic rings. The SMILES string of the molecule is CCCN(CC)CCNC(=O)c1ccc(C#CCCO)s1. The maximum Gasteiger partial charge on any atom is 0.261 e. The molecule has 1 rings (SSSR count). The van der Waals surface area contributed by atoms with Crippen LogP contribution in [0.4, 0.5) is 0 Å². The molecule has 0 aromatic carbocycles. The normalized spacial score (nSPS) is 10.3. The Kier molecular flexibility index (Phi) is 8.76. The molecule has 116 valence electrons. The average Bonchev–Trinajstić information content (AvgIpc) is 2.95. The van der Waals surface area contributed by atoms with Crippen LogP contribution in [0, 0.1) is 11.8 Å². The molecule has 0 atom stereocenters. The van der Waals surface area contributed by atoms with Crippen molar-refractivity contribution in [1.82, 2.24) is 10.2 Å². The van der Waals surface area contributed by atoms with Gasteiger partial charge < -0.3 is 15.3 Å². The van der Waals surface area contributed by atoms with E-state index in [1.165, 1.54) is 11.3 Å². The van der Waals surface area contributed by atoms with E-state index in [-0.39, 0.29) is 12.5 Å². The lowest BCUT2D eigenvalue weighted by Crippen LogP contribution is -2.35. The monoisotopic (exact) mass is 308 g/mol. The van der Waals surface area contributed by atoms with Crippen LogP contribution in [-0.2, 0) is 0 Å². The van der Waals surface area contributed by atoms with Gasteiger partial charge in [0.05, 0.1) is 16.4 Å². The van der Waals surface area contributed by atoms with Crippen molar-refractivity contribution in [2.75, 3.05) is 32.8 Å². The zero-order valence-electron chi connectivity index (χ0n) is 12.8. The molecule has 0 radical (unpaired) electrons. The minimum Gasteiger partial charge on any atom is -0.395 e. The Morgan fingerprint density at radius 1 is 1.38 bits per heavy atom. The molecule has 0 bridgehead atoms. The highest BCUT2D eigenvalue weighted by Crippen LogP contribution is 2.15. The quantitative estimate of drug-likeness (QED) is 0.722. The van der Waals surface area contributed by atoms with E-state index in [0.29, 0.717) is 17.8 Å². The number of hydrogen-bond donors (Lipinski definition) is 2. The van der Waals surface area contributed by atoms with Gasteiger partial charge in [-0.25, -0.2) is 0 Å². The summed E-state index contributed by atoms with van der Waals surface area (Å²) in [5.41, 5.74) is 0. The standard InChI is InChI=1S/C16H24N2O2S/c1-3-11-18(4-2)12-10-17-16(20)15-9-8-14(21-15)7-5-6-13-19/h8-9,19H,3-4,6,10-13H2,1-2H3,(H,17,20). The van der Waals surface area contributed by atoms with Gasteiger partial charge in [0.15, 0.2) is 0 Å². The van der Waals surface area contributed by atoms with Crippen LogP contribution < -0.4 is 5.32 Å². The summed E-state index contributed by atoms with van der Waals surface area (Å²) in [7, 11) is 0. The molecule has 0 unspecified atom stereocenters. The molecule has 21 heavy (non-hydrogen) atoms. The molecule has 1 amide bonds. The van der Waals surface area contributed by atoms with Gasteiger partial charge in [0.25, 0.3) is 5.91 Å². The van der Waals surface area contributed by atoms with Crippen LogP contribution in [0.15, 0.2) is 12.1 Å². The molecule has 1 aromatic rings. The summed E-state index contributed by atoms with van der Waals surface area (Å²) in [5, 5.41) is 11.6. The van der Waals surface area contributed by atoms with E-state index < -0.39 is 0 Å². The van der Waals surface area contributed by atoms with Crippen molar-refractivity contribution in [3.05, 3.63) is 21.9 Å². The maximum atomic E-state index is 12.0. The highest BCUT2D eigenvalue weighted by atomic mass is 32.1. The number of aliphatic hydroxyl groups is 1. The van der Waals surface area contributed by atoms with Gasteiger partial charge in [-0.3, -0.25) is 4.79 Å². The minimum atomic E-state index is -0.0391. The van der Waals surface area contributed by atoms with Gasteiger partial charge in [0.2, 0.25) is 0 Å². The Bertz CT molecular complexity index is 488. The predicted molar refractivity (Wildman–Crippen MR) is 87.6 cm³/mol. The fraction of sp³-hybridized carbons (Fsp3) is 0.562. The van der Waals surface area contributed by atoms with Gasteiger partial charge in [0, 0.05) is 19.5 Å². The minimum absolute atomic E-state index is 0.0391. The van der Waals surface area contributed by atoms with Gasteiger partial charge in [-0.15, -0.1) is 11.3 Å². The first kappa shape index (κ1) is 17.7. The summed E-state index contributed by atoms with van der Waals surface area (Å²) in [5.74, 6) is 5.76. The number of hydrogen-bond acceptors (Lipinski definition) is 4. The van der Waals surface area contributed by atoms with E-state index in [2.05, 4.69) is 35.9 Å². The van der Waals surface area contributed by atoms with Crippen LogP contribution in [0.1, 0.15) is 41.2 Å². The molecule has 0 aliphatic heterocycles. The van der Waals surface area contributed by atoms with Gasteiger partial charge in [-0.1, -0.05) is 25.7 Å². The number of likely N-dealkylation sites (N-methyl/N-ethyl adjacent to an activating group) is 1. The van der Waals surface area contributed by atoms with Crippen molar-refractivity contribution in [2.24, 2.45) is 0 Å². The molecule has 4 nitrogen and oxygen atoms in total. The van der Waals surface area contributed by atoms with E-state index in [4.69, 9.17) is 5.11 Å². The first-order valence-corrected chi connectivity index (χ1v) is 8.23. The lowest BCUT2D eigenvalue weighted by molar-refractivity contribution is 0.0952. The van der Waals surface area contributed by atoms with E-state index in [9.17, 15) is 4.79 Å². The summed E-state index contributed by atoms with van der Waals surface area (Å²) in [6.07, 6.45) is 1.59. The molecule has 5 heteroatoms. The van der Waals surface area contributed by atoms with Gasteiger partial charge >= 0.3 is 0 Å². The fourth-order valence-electron chi connectivity index (χ4n) is 1.89. The second-order valence-electron chi connectivity index (χ2n) is 4.63. The van der Waals surface area contributed by atoms with Crippen LogP contribution in [0.2, 0.25) is 0 Å². The topological polar surface area (TPSA) is 52.6 Å². The lowest BCUT2D eigenvalue weighted by atomic mass is 10.3. The molecule has 0 fully saturated rings. The Balaban J connectivity index is 2.40. The van der Waals surface area contributed by atoms with Crippen molar-refractivity contribution >= 4 is 17.2 Å². The third-order valence-corrected chi connectivity index (χ3v) is 3.98. The Morgan fingerprint density at radius 3 is 2.86 bits per heavy atom. The van der Waals surface area contributed by atoms with E-state index in [1.807, 2.05) is 6.07 Å². The highest BCUT2D eigenvalue weighted by molar-refractivity contribution is 7.14. The zero-order chi connectivity index (χ0) is 15.5. The second kappa shape index (κ2) is 10.4. The lowest BCUT2D eigenvalue weighted by Gasteiger charge is -2.19. The summed E-state index contributed by atoms with van der Waals surface area (Å²) in [6.45, 7) is 7.97. The Hall–Kier alpha value is -1.35. The number of carbonyl (C=O) groups excluding carboxylic acids is 1. The van der Waals surface area contributed by atoms with E-state index in [1.54, 1.807) is 6.07 Å². The molecule has 2 N–H and O–H groups in total. The molecular formula is C16H24N2O2S. The third-order valence-electron chi connectivity index (χ3n) is 2.98. The van der Waals surface area contributed by atoms with Crippen molar-refractivity contribution in [3.8, 4) is 11.8 Å². The maximum absolute atomic E-state index is 12.0. The molecule has 0 spiro atoms. The number of amides is 1. The molecule has 1 heterocycles. The molecule has 1 aromatic heterocycles. The average molecular weight is 308 g/mol. The van der Waals surface area contributed by atoms with Gasteiger partial charge in [-0.05, 0) is 31.6 Å². The number of thiophene rings is 1. The van der Waals surface area contributed by atoms with Gasteiger partial charge in [0.1, 0.15) is 0 Å². The first-order chi connectivity index (χ1) is 10.2. The fourth-order valence-corrected chi connectivity index (χ4v) is 2.69. The Morgan fingerprint density at radius 2 is 2.19 bits per heavy atom. The van der Waals surface area contributed by atoms with Crippen LogP contribution in [0.3, 0.4) is 0 Å². The summed E-state index contributed by atoms with van der Waals surface area (Å²) >= 11 is 1.39. The molecule has 0 saturated heterocycles. The van der Waals surface area contributed by atoms with Crippen LogP contribution in [0.25, 0.3) is 0 Å². The van der Waals surface area contributed by atoms with Crippen molar-refractivity contribution < 1.29 is 9.90 Å². The number of carbonyl (C=O) groups is 1. The number of nitrogens with zero attached hydrogens (tertiary/aromatic N) is 1. The zero-order valence-corrected chi connectivity index (χ0v) is 13.6. The summed E-state index contributed by atoms with van der Waals surface area (Å²) in [6, 6.07) is 3.64. The summed E-state index contributed by atoms with van der Waals surface area (Å²) in [4.78, 5) is 15.9. The first-order valence-electron chi connectivity index (χ1n) is 7.41. The number of aliphatic hydroxyl groups excluding tert-OH is 1.